The van der Waals surface area contributed by atoms with Crippen LogP contribution in [0.4, 0.5) is 0 Å². The number of hydrogen-bond donors (Lipinski definition) is 0. The number of hydrogen-bond acceptors (Lipinski definition) is 2. The maximum Gasteiger partial charge on any atom is 2.00 e. The molecule has 136 valence electrons. The summed E-state index contributed by atoms with van der Waals surface area (Å²) < 4.78 is 22.3. The summed E-state index contributed by atoms with van der Waals surface area (Å²) in [5.41, 5.74) is 1.89. The van der Waals surface area contributed by atoms with E-state index in [9.17, 15) is 4.57 Å². The second-order valence-corrected chi connectivity index (χ2v) is 9.52. The smallest absolute Gasteiger partial charge is 0.307 e. The van der Waals surface area contributed by atoms with Crippen LogP contribution in [-0.4, -0.2) is 17.8 Å². The third kappa shape index (κ3) is 4.96. The van der Waals surface area contributed by atoms with Gasteiger partial charge in [-0.25, -0.2) is 4.67 Å². The molecule has 6 heteroatoms. The molecule has 1 saturated heterocycles. The van der Waals surface area contributed by atoms with Gasteiger partial charge in [0.05, 0.1) is 9.58 Å². The Hall–Kier alpha value is 0.619. The zero-order valence-electron chi connectivity index (χ0n) is 14.6. The normalized spacial score (nSPS) is 32.9. The van der Waals surface area contributed by atoms with E-state index in [4.69, 9.17) is 4.52 Å². The minimum Gasteiger partial charge on any atom is -0.307 e. The molecule has 1 aromatic rings. The van der Waals surface area contributed by atoms with E-state index in [2.05, 4.69) is 29.5 Å². The van der Waals surface area contributed by atoms with Gasteiger partial charge in [-0.15, -0.1) is 0 Å². The van der Waals surface area contributed by atoms with Crippen LogP contribution in [0.1, 0.15) is 18.6 Å². The molecule has 1 aliphatic heterocycles. The quantitative estimate of drug-likeness (QED) is 0.296. The third-order valence-electron chi connectivity index (χ3n) is 4.43. The first-order chi connectivity index (χ1) is 12.0. The Kier molecular flexibility index (Phi) is 9.17. The van der Waals surface area contributed by atoms with Gasteiger partial charge in [-0.3, -0.25) is 4.57 Å². The maximum absolute atomic E-state index is 13.3. The fraction of sp³-hybridized carbons (Fsp3) is 0.200. The van der Waals surface area contributed by atoms with Crippen LogP contribution in [0.2, 0.25) is 0 Å². The summed E-state index contributed by atoms with van der Waals surface area (Å²) in [6, 6.07) is 10.1. The summed E-state index contributed by atoms with van der Waals surface area (Å²) in [7, 11) is -1.07. The van der Waals surface area contributed by atoms with Gasteiger partial charge in [0.2, 0.25) is 0 Å². The molecule has 0 spiro atoms. The van der Waals surface area contributed by atoms with Crippen molar-refractivity contribution in [3.05, 3.63) is 96.8 Å². The van der Waals surface area contributed by atoms with Crippen molar-refractivity contribution in [1.82, 2.24) is 4.67 Å². The summed E-state index contributed by atoms with van der Waals surface area (Å²) in [5, 5.41) is 0. The molecule has 2 aliphatic carbocycles. The van der Waals surface area contributed by atoms with Crippen LogP contribution in [0.3, 0.4) is 0 Å². The first-order valence-electron chi connectivity index (χ1n) is 8.19. The van der Waals surface area contributed by atoms with Crippen molar-refractivity contribution < 1.29 is 26.2 Å². The van der Waals surface area contributed by atoms with E-state index in [1.54, 1.807) is 0 Å². The molecule has 1 aromatic carbocycles. The Labute approximate surface area is 183 Å². The number of halogens is 1. The molecular weight excluding hydrogens is 500 g/mol. The third-order valence-corrected chi connectivity index (χ3v) is 8.50. The van der Waals surface area contributed by atoms with E-state index in [0.29, 0.717) is 0 Å². The first-order valence-corrected chi connectivity index (χ1v) is 10.8. The molecule has 0 amide bonds. The Morgan fingerprint density at radius 1 is 1.00 bits per heavy atom. The second-order valence-electron chi connectivity index (χ2n) is 5.99. The van der Waals surface area contributed by atoms with Crippen molar-refractivity contribution in [2.75, 3.05) is 7.05 Å². The molecule has 0 aromatic heterocycles. The fourth-order valence-electron chi connectivity index (χ4n) is 2.90. The van der Waals surface area contributed by atoms with Crippen LogP contribution >= 0.6 is 30.1 Å². The van der Waals surface area contributed by atoms with E-state index in [1.165, 1.54) is 0 Å². The number of rotatable bonds is 2. The van der Waals surface area contributed by atoms with E-state index in [0.717, 1.165) is 15.1 Å². The van der Waals surface area contributed by atoms with E-state index in [1.807, 2.05) is 93.4 Å². The number of nitrogens with zero attached hydrogens (tertiary/aromatic N) is 1. The average Bonchev–Trinajstić information content (AvgIpc) is 3.37. The van der Waals surface area contributed by atoms with Gasteiger partial charge >= 0.3 is 17.1 Å². The summed E-state index contributed by atoms with van der Waals surface area (Å²) in [6.07, 6.45) is 15.6. The van der Waals surface area contributed by atoms with Crippen LogP contribution < -0.4 is 0 Å². The standard InChI is InChI=1S/C15H16INO2P.C5H5.Fe/c1-11-15(12-7-4-3-5-8-12)19-20(18,17(11)2)14-10-6-9-13(14)16;1-2-4-5-3-1;/h3-11,15H,1-2H3;1-5H;/q;;+2/t11-,15-,20-;;/m0../s1. The molecule has 26 heavy (non-hydrogen) atoms. The minimum atomic E-state index is -2.96. The van der Waals surface area contributed by atoms with Crippen LogP contribution in [-0.2, 0) is 26.2 Å². The largest absolute Gasteiger partial charge is 2.00 e. The van der Waals surface area contributed by atoms with Crippen molar-refractivity contribution in [3.8, 4) is 0 Å². The van der Waals surface area contributed by atoms with E-state index in [-0.39, 0.29) is 29.2 Å². The van der Waals surface area contributed by atoms with Crippen LogP contribution in [0, 0.1) is 61.0 Å². The summed E-state index contributed by atoms with van der Waals surface area (Å²) in [4.78, 5) is 0. The summed E-state index contributed by atoms with van der Waals surface area (Å²) >= 11 is 2.22. The molecular formula is C20H21FeINO2P+2. The molecule has 3 atom stereocenters. The van der Waals surface area contributed by atoms with Gasteiger partial charge in [-0.2, -0.15) is 0 Å². The second kappa shape index (κ2) is 10.4. The average molecular weight is 521 g/mol. The van der Waals surface area contributed by atoms with Gasteiger partial charge in [0.15, 0.2) is 0 Å². The Balaban J connectivity index is 0.000000351. The molecule has 2 saturated carbocycles. The van der Waals surface area contributed by atoms with E-state index < -0.39 is 7.52 Å². The predicted molar refractivity (Wildman–Crippen MR) is 110 cm³/mol. The van der Waals surface area contributed by atoms with Crippen molar-refractivity contribution in [3.63, 3.8) is 0 Å². The van der Waals surface area contributed by atoms with Crippen molar-refractivity contribution in [2.24, 2.45) is 0 Å². The molecule has 3 aliphatic rings. The SMILES string of the molecule is C[C@H]1[C@@H](c2ccccc2)O[P@@](=O)([C]2[CH][CH][CH][C]2I)N1C.[CH]1[CH][CH][CH][CH]1.[Fe+2]. The zero-order chi connectivity index (χ0) is 17.9. The topological polar surface area (TPSA) is 29.5 Å². The Bertz CT molecular complexity index is 591. The Morgan fingerprint density at radius 2 is 1.58 bits per heavy atom. The van der Waals surface area contributed by atoms with Crippen molar-refractivity contribution >= 4 is 30.1 Å². The van der Waals surface area contributed by atoms with Crippen LogP contribution in [0.5, 0.6) is 0 Å². The van der Waals surface area contributed by atoms with Crippen molar-refractivity contribution in [1.29, 1.82) is 0 Å². The Morgan fingerprint density at radius 3 is 2.08 bits per heavy atom. The predicted octanol–water partition coefficient (Wildman–Crippen LogP) is 5.42. The number of benzene rings is 1. The summed E-state index contributed by atoms with van der Waals surface area (Å²) in [6.45, 7) is 2.06. The molecule has 10 radical (unpaired) electrons. The van der Waals surface area contributed by atoms with Crippen molar-refractivity contribution in [2.45, 2.75) is 19.1 Å². The fourth-order valence-corrected chi connectivity index (χ4v) is 6.63. The molecule has 3 nitrogen and oxygen atoms in total. The molecule has 1 heterocycles. The van der Waals surface area contributed by atoms with Gasteiger partial charge in [0, 0.05) is 6.04 Å². The monoisotopic (exact) mass is 521 g/mol. The molecule has 0 bridgehead atoms. The van der Waals surface area contributed by atoms with Gasteiger partial charge in [0.25, 0.3) is 7.52 Å². The van der Waals surface area contributed by atoms with Gasteiger partial charge < -0.3 is 4.52 Å². The molecule has 0 unspecified atom stereocenters. The van der Waals surface area contributed by atoms with Gasteiger partial charge in [-0.05, 0) is 70.9 Å². The zero-order valence-corrected chi connectivity index (χ0v) is 18.8. The number of likely N-dealkylation sites (N-methyl/N-ethyl adjacent to an activating group) is 1. The summed E-state index contributed by atoms with van der Waals surface area (Å²) in [5.74, 6) is 0. The van der Waals surface area contributed by atoms with Crippen LogP contribution in [0.15, 0.2) is 30.3 Å². The molecule has 3 fully saturated rings. The first kappa shape index (κ1) is 22.9. The maximum atomic E-state index is 13.3. The van der Waals surface area contributed by atoms with Gasteiger partial charge in [-0.1, -0.05) is 52.9 Å². The van der Waals surface area contributed by atoms with Gasteiger partial charge in [0.1, 0.15) is 6.10 Å². The molecule has 0 N–H and O–H groups in total. The molecule has 4 rings (SSSR count). The van der Waals surface area contributed by atoms with Crippen LogP contribution in [0.25, 0.3) is 0 Å². The van der Waals surface area contributed by atoms with E-state index >= 15 is 0 Å². The minimum absolute atomic E-state index is 0.